The molecular formula is C25H19P. The lowest BCUT2D eigenvalue weighted by Gasteiger charge is -2.25. The summed E-state index contributed by atoms with van der Waals surface area (Å²) in [4.78, 5) is 0. The van der Waals surface area contributed by atoms with Gasteiger partial charge in [0.2, 0.25) is 0 Å². The van der Waals surface area contributed by atoms with Gasteiger partial charge in [0, 0.05) is 12.5 Å². The lowest BCUT2D eigenvalue weighted by atomic mass is 10.3. The minimum absolute atomic E-state index is 1.07. The minimum Gasteiger partial charge on any atom is -0.0625 e. The van der Waals surface area contributed by atoms with Crippen molar-refractivity contribution < 1.29 is 0 Å². The van der Waals surface area contributed by atoms with Gasteiger partial charge in [-0.1, -0.05) is 114 Å². The van der Waals surface area contributed by atoms with Gasteiger partial charge in [0.25, 0.3) is 0 Å². The van der Waals surface area contributed by atoms with Gasteiger partial charge in [0.15, 0.2) is 0 Å². The van der Waals surface area contributed by atoms with Crippen LogP contribution in [-0.2, 0) is 0 Å². The number of benzene rings is 3. The molecule has 0 amide bonds. The molecule has 0 nitrogen and oxygen atoms in total. The van der Waals surface area contributed by atoms with Crippen LogP contribution in [0, 0.1) is 0 Å². The van der Waals surface area contributed by atoms with Crippen LogP contribution in [0.1, 0.15) is 0 Å². The standard InChI is InChI=1S/C25H19P/c1-4-14-23(15-5-1)26(24-16-6-2-7-17-24,25-18-8-3-9-19-25)21-20-22-12-10-11-13-22/h1-19H. The molecule has 124 valence electrons. The molecule has 0 aliphatic heterocycles. The van der Waals surface area contributed by atoms with Crippen LogP contribution in [-0.4, -0.2) is 5.45 Å². The summed E-state index contributed by atoms with van der Waals surface area (Å²) in [5.74, 6) is 0. The molecule has 0 bridgehead atoms. The fraction of sp³-hybridized carbons (Fsp3) is 0. The van der Waals surface area contributed by atoms with Crippen molar-refractivity contribution in [3.8, 4) is 0 Å². The molecule has 0 aromatic heterocycles. The van der Waals surface area contributed by atoms with E-state index in [1.54, 1.807) is 0 Å². The summed E-state index contributed by atoms with van der Waals surface area (Å²) in [6.45, 7) is -2.06. The van der Waals surface area contributed by atoms with Crippen LogP contribution in [0.15, 0.2) is 127 Å². The van der Waals surface area contributed by atoms with Gasteiger partial charge in [-0.2, -0.15) is 0 Å². The van der Waals surface area contributed by atoms with Gasteiger partial charge in [-0.3, -0.25) is 0 Å². The van der Waals surface area contributed by atoms with Gasteiger partial charge < -0.3 is 0 Å². The van der Waals surface area contributed by atoms with Crippen LogP contribution in [0.3, 0.4) is 0 Å². The first kappa shape index (κ1) is 16.5. The van der Waals surface area contributed by atoms with E-state index in [4.69, 9.17) is 0 Å². The van der Waals surface area contributed by atoms with Gasteiger partial charge in [-0.15, -0.1) is 0 Å². The second-order valence-corrected chi connectivity index (χ2v) is 9.20. The number of hydrogen-bond donors (Lipinski definition) is 0. The van der Waals surface area contributed by atoms with E-state index in [9.17, 15) is 0 Å². The summed E-state index contributed by atoms with van der Waals surface area (Å²) in [6, 6.07) is 32.2. The summed E-state index contributed by atoms with van der Waals surface area (Å²) < 4.78 is 0. The first-order valence-corrected chi connectivity index (χ1v) is 10.5. The predicted octanol–water partition coefficient (Wildman–Crippen LogP) is 4.59. The number of hydrogen-bond acceptors (Lipinski definition) is 0. The molecule has 3 aromatic carbocycles. The SMILES string of the molecule is C(=C=P(c1ccccc1)(c1ccccc1)c1ccccc1)=C1C=CC=C1. The molecule has 0 saturated carbocycles. The van der Waals surface area contributed by atoms with Crippen LogP contribution >= 0.6 is 6.89 Å². The highest BCUT2D eigenvalue weighted by Crippen LogP contribution is 2.42. The maximum atomic E-state index is 3.75. The van der Waals surface area contributed by atoms with Gasteiger partial charge in [-0.05, 0) is 28.1 Å². The highest BCUT2D eigenvalue weighted by atomic mass is 31.2. The van der Waals surface area contributed by atoms with E-state index in [1.807, 2.05) is 12.2 Å². The zero-order chi connectivity index (χ0) is 17.7. The molecular weight excluding hydrogens is 331 g/mol. The normalized spacial score (nSPS) is 12.7. The van der Waals surface area contributed by atoms with E-state index in [0.29, 0.717) is 0 Å². The molecule has 0 N–H and O–H groups in total. The van der Waals surface area contributed by atoms with Crippen molar-refractivity contribution >= 4 is 28.3 Å². The maximum absolute atomic E-state index is 3.75. The average molecular weight is 350 g/mol. The molecule has 0 atom stereocenters. The Bertz CT molecular complexity index is 957. The molecule has 1 aliphatic rings. The first-order chi connectivity index (χ1) is 12.9. The van der Waals surface area contributed by atoms with Crippen LogP contribution in [0.2, 0.25) is 0 Å². The fourth-order valence-corrected chi connectivity index (χ4v) is 6.64. The lowest BCUT2D eigenvalue weighted by molar-refractivity contribution is 1.73. The van der Waals surface area contributed by atoms with E-state index in [0.717, 1.165) is 5.57 Å². The third kappa shape index (κ3) is 3.11. The van der Waals surface area contributed by atoms with E-state index < -0.39 is 6.89 Å². The predicted molar refractivity (Wildman–Crippen MR) is 115 cm³/mol. The average Bonchev–Trinajstić information content (AvgIpc) is 3.25. The fourth-order valence-electron chi connectivity index (χ4n) is 3.20. The minimum atomic E-state index is -2.06. The quantitative estimate of drug-likeness (QED) is 0.479. The Labute approximate surface area is 155 Å². The molecule has 26 heavy (non-hydrogen) atoms. The van der Waals surface area contributed by atoms with Gasteiger partial charge >= 0.3 is 0 Å². The van der Waals surface area contributed by atoms with Crippen LogP contribution in [0.25, 0.3) is 0 Å². The van der Waals surface area contributed by atoms with Crippen molar-refractivity contribution in [2.45, 2.75) is 0 Å². The Morgan fingerprint density at radius 2 is 0.885 bits per heavy atom. The smallest absolute Gasteiger partial charge is 0.0256 e. The first-order valence-electron chi connectivity index (χ1n) is 8.70. The second kappa shape index (κ2) is 7.49. The summed E-state index contributed by atoms with van der Waals surface area (Å²) >= 11 is 0. The van der Waals surface area contributed by atoms with Crippen LogP contribution in [0.4, 0.5) is 0 Å². The van der Waals surface area contributed by atoms with Crippen molar-refractivity contribution in [3.63, 3.8) is 0 Å². The molecule has 0 unspecified atom stereocenters. The Balaban J connectivity index is 2.19. The molecule has 1 heteroatoms. The van der Waals surface area contributed by atoms with Crippen molar-refractivity contribution in [2.24, 2.45) is 0 Å². The lowest BCUT2D eigenvalue weighted by Crippen LogP contribution is -2.25. The van der Waals surface area contributed by atoms with Gasteiger partial charge in [-0.25, -0.2) is 0 Å². The highest BCUT2D eigenvalue weighted by molar-refractivity contribution is 7.94. The Morgan fingerprint density at radius 3 is 1.27 bits per heavy atom. The van der Waals surface area contributed by atoms with E-state index in [2.05, 4.69) is 114 Å². The Hall–Kier alpha value is -3.00. The zero-order valence-corrected chi connectivity index (χ0v) is 15.3. The highest BCUT2D eigenvalue weighted by Gasteiger charge is 2.24. The summed E-state index contributed by atoms with van der Waals surface area (Å²) in [5.41, 5.74) is 8.27. The van der Waals surface area contributed by atoms with Gasteiger partial charge in [0.05, 0.1) is 0 Å². The molecule has 0 saturated heterocycles. The van der Waals surface area contributed by atoms with Crippen molar-refractivity contribution in [1.29, 1.82) is 0 Å². The molecule has 0 spiro atoms. The van der Waals surface area contributed by atoms with Crippen LogP contribution in [0.5, 0.6) is 0 Å². The second-order valence-electron chi connectivity index (χ2n) is 6.09. The van der Waals surface area contributed by atoms with E-state index in [1.165, 1.54) is 15.9 Å². The molecule has 4 rings (SSSR count). The largest absolute Gasteiger partial charge is 0.0625 e. The summed E-state index contributed by atoms with van der Waals surface area (Å²) in [5, 5.41) is 3.87. The van der Waals surface area contributed by atoms with Crippen LogP contribution < -0.4 is 15.9 Å². The number of allylic oxidation sites excluding steroid dienone is 5. The van der Waals surface area contributed by atoms with Crippen molar-refractivity contribution in [3.05, 3.63) is 127 Å². The molecule has 3 aromatic rings. The topological polar surface area (TPSA) is 0 Å². The van der Waals surface area contributed by atoms with Crippen molar-refractivity contribution in [1.82, 2.24) is 0 Å². The summed E-state index contributed by atoms with van der Waals surface area (Å²) in [7, 11) is 0. The molecule has 0 heterocycles. The molecule has 0 fully saturated rings. The van der Waals surface area contributed by atoms with Crippen molar-refractivity contribution in [2.75, 3.05) is 0 Å². The van der Waals surface area contributed by atoms with E-state index >= 15 is 0 Å². The summed E-state index contributed by atoms with van der Waals surface area (Å²) in [6.07, 6.45) is 8.22. The van der Waals surface area contributed by atoms with Gasteiger partial charge in [0.1, 0.15) is 0 Å². The Kier molecular flexibility index (Phi) is 4.74. The number of rotatable bonds is 3. The third-order valence-electron chi connectivity index (χ3n) is 4.46. The van der Waals surface area contributed by atoms with E-state index in [-0.39, 0.29) is 0 Å². The Morgan fingerprint density at radius 1 is 0.500 bits per heavy atom. The zero-order valence-electron chi connectivity index (χ0n) is 14.4. The molecule has 1 aliphatic carbocycles. The molecule has 0 radical (unpaired) electrons. The maximum Gasteiger partial charge on any atom is 0.0256 e. The monoisotopic (exact) mass is 350 g/mol. The third-order valence-corrected chi connectivity index (χ3v) is 8.13.